The van der Waals surface area contributed by atoms with Crippen LogP contribution in [0.1, 0.15) is 29.7 Å². The fraction of sp³-hybridized carbons (Fsp3) is 0.458. The van der Waals surface area contributed by atoms with E-state index >= 15 is 0 Å². The van der Waals surface area contributed by atoms with Crippen LogP contribution >= 0.6 is 24.0 Å². The highest BCUT2D eigenvalue weighted by atomic mass is 127. The summed E-state index contributed by atoms with van der Waals surface area (Å²) in [6.45, 7) is 7.82. The number of nitrogens with one attached hydrogen (secondary N) is 2. The Kier molecular flexibility index (Phi) is 11.9. The van der Waals surface area contributed by atoms with E-state index in [0.717, 1.165) is 42.3 Å². The largest absolute Gasteiger partial charge is 0.380 e. The van der Waals surface area contributed by atoms with Gasteiger partial charge in [-0.25, -0.2) is 9.38 Å². The molecule has 2 aromatic rings. The average molecular weight is 556 g/mol. The molecule has 1 saturated heterocycles. The van der Waals surface area contributed by atoms with Gasteiger partial charge in [-0.05, 0) is 35.7 Å². The lowest BCUT2D eigenvalue weighted by atomic mass is 10.0. The molecule has 0 aromatic heterocycles. The minimum atomic E-state index is -0.219. The summed E-state index contributed by atoms with van der Waals surface area (Å²) in [6, 6.07) is 15.2. The number of aliphatic imine (C=N–C) groups is 1. The van der Waals surface area contributed by atoms with Crippen molar-refractivity contribution in [3.8, 4) is 0 Å². The Labute approximate surface area is 207 Å². The number of methoxy groups -OCH3 is 1. The summed E-state index contributed by atoms with van der Waals surface area (Å²) in [5.41, 5.74) is 3.37. The molecule has 3 rings (SSSR count). The maximum atomic E-state index is 13.5. The molecule has 0 amide bonds. The van der Waals surface area contributed by atoms with Crippen LogP contribution in [-0.4, -0.2) is 57.4 Å². The third kappa shape index (κ3) is 8.31. The molecule has 1 unspecified atom stereocenters. The molecule has 2 N–H and O–H groups in total. The van der Waals surface area contributed by atoms with Gasteiger partial charge in [-0.3, -0.25) is 4.90 Å². The predicted molar refractivity (Wildman–Crippen MR) is 137 cm³/mol. The lowest BCUT2D eigenvalue weighted by Gasteiger charge is -2.35. The number of guanidine groups is 1. The quantitative estimate of drug-likeness (QED) is 0.280. The van der Waals surface area contributed by atoms with Crippen molar-refractivity contribution in [1.82, 2.24) is 15.5 Å². The Morgan fingerprint density at radius 1 is 1.06 bits per heavy atom. The Morgan fingerprint density at radius 2 is 1.72 bits per heavy atom. The van der Waals surface area contributed by atoms with E-state index in [1.165, 1.54) is 12.1 Å². The third-order valence-corrected chi connectivity index (χ3v) is 5.30. The van der Waals surface area contributed by atoms with Crippen LogP contribution in [0.2, 0.25) is 0 Å². The smallest absolute Gasteiger partial charge is 0.191 e. The van der Waals surface area contributed by atoms with Gasteiger partial charge in [-0.15, -0.1) is 24.0 Å². The number of hydrogen-bond donors (Lipinski definition) is 2. The minimum absolute atomic E-state index is 0. The van der Waals surface area contributed by atoms with E-state index in [-0.39, 0.29) is 35.8 Å². The maximum absolute atomic E-state index is 13.5. The van der Waals surface area contributed by atoms with Crippen molar-refractivity contribution >= 4 is 29.9 Å². The van der Waals surface area contributed by atoms with E-state index in [0.29, 0.717) is 32.9 Å². The first-order valence-corrected chi connectivity index (χ1v) is 10.9. The lowest BCUT2D eigenvalue weighted by Crippen LogP contribution is -2.46. The zero-order valence-corrected chi connectivity index (χ0v) is 21.2. The minimum Gasteiger partial charge on any atom is -0.380 e. The molecule has 0 radical (unpaired) electrons. The number of ether oxygens (including phenoxy) is 2. The van der Waals surface area contributed by atoms with Gasteiger partial charge >= 0.3 is 0 Å². The first-order valence-electron chi connectivity index (χ1n) is 10.9. The van der Waals surface area contributed by atoms with Gasteiger partial charge in [0.1, 0.15) is 5.82 Å². The molecule has 1 fully saturated rings. The Balaban J connectivity index is 0.00000363. The van der Waals surface area contributed by atoms with Gasteiger partial charge in [0.25, 0.3) is 0 Å². The van der Waals surface area contributed by atoms with Crippen LogP contribution < -0.4 is 10.6 Å². The molecule has 0 bridgehead atoms. The highest BCUT2D eigenvalue weighted by Gasteiger charge is 2.23. The summed E-state index contributed by atoms with van der Waals surface area (Å²) in [7, 11) is 1.70. The number of benzene rings is 2. The fourth-order valence-corrected chi connectivity index (χ4v) is 3.64. The van der Waals surface area contributed by atoms with Crippen LogP contribution in [0.3, 0.4) is 0 Å². The van der Waals surface area contributed by atoms with Crippen molar-refractivity contribution in [1.29, 1.82) is 0 Å². The topological polar surface area (TPSA) is 58.1 Å². The van der Waals surface area contributed by atoms with Crippen LogP contribution in [-0.2, 0) is 22.6 Å². The zero-order chi connectivity index (χ0) is 21.9. The lowest BCUT2D eigenvalue weighted by molar-refractivity contribution is 0.0170. The van der Waals surface area contributed by atoms with E-state index in [4.69, 9.17) is 14.5 Å². The van der Waals surface area contributed by atoms with Crippen LogP contribution in [0.15, 0.2) is 53.5 Å². The van der Waals surface area contributed by atoms with Crippen LogP contribution in [0.4, 0.5) is 4.39 Å². The molecule has 1 heterocycles. The van der Waals surface area contributed by atoms with Gasteiger partial charge in [0.05, 0.1) is 32.4 Å². The molecular formula is C24H34FIN4O2. The van der Waals surface area contributed by atoms with E-state index in [9.17, 15) is 4.39 Å². The second kappa shape index (κ2) is 14.4. The SMILES string of the molecule is CCNC(=NCc1ccc(COC)cc1)NCC(c1ccc(F)cc1)N1CCOCC1.I. The summed E-state index contributed by atoms with van der Waals surface area (Å²) >= 11 is 0. The van der Waals surface area contributed by atoms with Gasteiger partial charge in [-0.2, -0.15) is 0 Å². The molecule has 6 nitrogen and oxygen atoms in total. The van der Waals surface area contributed by atoms with Crippen molar-refractivity contribution in [3.05, 3.63) is 71.0 Å². The molecule has 176 valence electrons. The predicted octanol–water partition coefficient (Wildman–Crippen LogP) is 3.72. The maximum Gasteiger partial charge on any atom is 0.191 e. The van der Waals surface area contributed by atoms with Gasteiger partial charge in [0.15, 0.2) is 5.96 Å². The van der Waals surface area contributed by atoms with Crippen LogP contribution in [0, 0.1) is 5.82 Å². The van der Waals surface area contributed by atoms with Gasteiger partial charge in [-0.1, -0.05) is 36.4 Å². The highest BCUT2D eigenvalue weighted by Crippen LogP contribution is 2.21. The number of nitrogens with zero attached hydrogens (tertiary/aromatic N) is 2. The third-order valence-electron chi connectivity index (χ3n) is 5.30. The first kappa shape index (κ1) is 26.5. The Morgan fingerprint density at radius 3 is 2.34 bits per heavy atom. The summed E-state index contributed by atoms with van der Waals surface area (Å²) in [5, 5.41) is 6.79. The van der Waals surface area contributed by atoms with Crippen molar-refractivity contribution in [3.63, 3.8) is 0 Å². The van der Waals surface area contributed by atoms with Crippen molar-refractivity contribution < 1.29 is 13.9 Å². The van der Waals surface area contributed by atoms with Crippen LogP contribution in [0.25, 0.3) is 0 Å². The molecule has 1 aliphatic rings. The fourth-order valence-electron chi connectivity index (χ4n) is 3.64. The molecule has 1 atom stereocenters. The molecule has 0 saturated carbocycles. The van der Waals surface area contributed by atoms with Crippen molar-refractivity contribution in [2.45, 2.75) is 26.1 Å². The summed E-state index contributed by atoms with van der Waals surface area (Å²) in [6.07, 6.45) is 0. The van der Waals surface area contributed by atoms with Crippen LogP contribution in [0.5, 0.6) is 0 Å². The number of morpholine rings is 1. The second-order valence-corrected chi connectivity index (χ2v) is 7.54. The standard InChI is InChI=1S/C24H33FN4O2.HI/c1-3-26-24(27-16-19-4-6-20(7-5-19)18-30-2)28-17-23(29-12-14-31-15-13-29)21-8-10-22(25)11-9-21;/h4-11,23H,3,12-18H2,1-2H3,(H2,26,27,28);1H. The molecule has 0 aliphatic carbocycles. The van der Waals surface area contributed by atoms with Gasteiger partial charge < -0.3 is 20.1 Å². The highest BCUT2D eigenvalue weighted by molar-refractivity contribution is 14.0. The number of halogens is 2. The summed E-state index contributed by atoms with van der Waals surface area (Å²) in [4.78, 5) is 7.12. The number of hydrogen-bond acceptors (Lipinski definition) is 4. The summed E-state index contributed by atoms with van der Waals surface area (Å²) in [5.74, 6) is 0.549. The molecule has 0 spiro atoms. The molecule has 8 heteroatoms. The molecule has 2 aromatic carbocycles. The van der Waals surface area contributed by atoms with E-state index < -0.39 is 0 Å². The molecule has 1 aliphatic heterocycles. The van der Waals surface area contributed by atoms with E-state index in [2.05, 4.69) is 46.7 Å². The summed E-state index contributed by atoms with van der Waals surface area (Å²) < 4.78 is 24.1. The average Bonchev–Trinajstić information content (AvgIpc) is 2.80. The first-order chi connectivity index (χ1) is 15.2. The van der Waals surface area contributed by atoms with E-state index in [1.807, 2.05) is 12.1 Å². The molecule has 32 heavy (non-hydrogen) atoms. The Bertz CT molecular complexity index is 812. The monoisotopic (exact) mass is 556 g/mol. The van der Waals surface area contributed by atoms with Crippen molar-refractivity contribution in [2.24, 2.45) is 4.99 Å². The van der Waals surface area contributed by atoms with Gasteiger partial charge in [0, 0.05) is 33.3 Å². The van der Waals surface area contributed by atoms with Gasteiger partial charge in [0.2, 0.25) is 0 Å². The second-order valence-electron chi connectivity index (χ2n) is 7.54. The van der Waals surface area contributed by atoms with Crippen molar-refractivity contribution in [2.75, 3.05) is 46.5 Å². The number of rotatable bonds is 9. The normalized spacial score (nSPS) is 15.7. The van der Waals surface area contributed by atoms with E-state index in [1.54, 1.807) is 7.11 Å². The molecular weight excluding hydrogens is 522 g/mol. The zero-order valence-electron chi connectivity index (χ0n) is 18.9. The Hall–Kier alpha value is -1.75.